The van der Waals surface area contributed by atoms with Crippen molar-refractivity contribution in [3.05, 3.63) is 33.9 Å². The predicted octanol–water partition coefficient (Wildman–Crippen LogP) is 27.7. The molecule has 0 heterocycles. The van der Waals surface area contributed by atoms with Gasteiger partial charge >= 0.3 is 0 Å². The van der Waals surface area contributed by atoms with Gasteiger partial charge in [0.2, 0.25) is 0 Å². The zero-order valence-electron chi connectivity index (χ0n) is 61.8. The van der Waals surface area contributed by atoms with Crippen LogP contribution in [-0.2, 0) is 0 Å². The molecule has 0 aromatic heterocycles. The van der Waals surface area contributed by atoms with E-state index in [1.807, 2.05) is 27.9 Å². The normalized spacial score (nSPS) is 41.0. The van der Waals surface area contributed by atoms with Crippen molar-refractivity contribution in [2.45, 2.75) is 381 Å². The molecule has 1 heteroatoms. The summed E-state index contributed by atoms with van der Waals surface area (Å²) in [7, 11) is 0. The van der Waals surface area contributed by atoms with E-state index in [0.717, 1.165) is 65.1 Å². The molecule has 86 heavy (non-hydrogen) atoms. The van der Waals surface area contributed by atoms with E-state index in [9.17, 15) is 0 Å². The summed E-state index contributed by atoms with van der Waals surface area (Å²) in [5.74, 6) is 10.4. The van der Waals surface area contributed by atoms with Crippen LogP contribution in [0.2, 0.25) is 0 Å². The van der Waals surface area contributed by atoms with Crippen molar-refractivity contribution in [1.82, 2.24) is 0 Å². The molecule has 0 saturated heterocycles. The number of fused-ring (bicyclic) bond motifs is 6. The maximum Gasteiger partial charge on any atom is 0.0455 e. The van der Waals surface area contributed by atoms with E-state index in [4.69, 9.17) is 11.6 Å². The third kappa shape index (κ3) is 12.0. The second kappa shape index (κ2) is 26.0. The first-order valence-electron chi connectivity index (χ1n) is 39.1. The molecule has 0 aromatic carbocycles. The highest BCUT2D eigenvalue weighted by molar-refractivity contribution is 6.24. The molecule has 0 amide bonds. The first-order valence-corrected chi connectivity index (χ1v) is 39.5. The number of rotatable bonds is 7. The van der Waals surface area contributed by atoms with E-state index < -0.39 is 0 Å². The molecule has 11 unspecified atom stereocenters. The van der Waals surface area contributed by atoms with E-state index in [1.54, 1.807) is 0 Å². The highest BCUT2D eigenvalue weighted by Gasteiger charge is 2.65. The van der Waals surface area contributed by atoms with Crippen molar-refractivity contribution in [2.75, 3.05) is 0 Å². The summed E-state index contributed by atoms with van der Waals surface area (Å²) in [6, 6.07) is 0. The minimum Gasteiger partial charge on any atom is -0.119 e. The van der Waals surface area contributed by atoms with Crippen LogP contribution in [0.4, 0.5) is 0 Å². The van der Waals surface area contributed by atoms with E-state index in [1.165, 1.54) is 231 Å². The van der Waals surface area contributed by atoms with Crippen molar-refractivity contribution in [2.24, 2.45) is 119 Å². The van der Waals surface area contributed by atoms with Gasteiger partial charge < -0.3 is 0 Å². The van der Waals surface area contributed by atoms with Crippen molar-refractivity contribution >= 4 is 11.6 Å². The topological polar surface area (TPSA) is 0 Å². The number of hydrogen-bond donors (Lipinski definition) is 0. The monoisotopic (exact) mass is 1200 g/mol. The molecule has 0 aliphatic heterocycles. The van der Waals surface area contributed by atoms with E-state index in [-0.39, 0.29) is 4.87 Å². The van der Waals surface area contributed by atoms with Crippen molar-refractivity contribution in [3.63, 3.8) is 0 Å². The summed E-state index contributed by atoms with van der Waals surface area (Å²) in [4.78, 5) is 0.195. The Bertz CT molecular complexity index is 2320. The van der Waals surface area contributed by atoms with Crippen LogP contribution in [0.25, 0.3) is 0 Å². The lowest BCUT2D eigenvalue weighted by Crippen LogP contribution is -2.62. The van der Waals surface area contributed by atoms with Gasteiger partial charge in [-0.25, -0.2) is 0 Å². The van der Waals surface area contributed by atoms with Crippen LogP contribution in [0, 0.1) is 119 Å². The lowest BCUT2D eigenvalue weighted by molar-refractivity contribution is -0.159. The van der Waals surface area contributed by atoms with Crippen LogP contribution in [0.5, 0.6) is 0 Å². The average molecular weight is 1200 g/mol. The second-order valence-electron chi connectivity index (χ2n) is 38.8. The van der Waals surface area contributed by atoms with Gasteiger partial charge in [0.05, 0.1) is 0 Å². The highest BCUT2D eigenvalue weighted by atomic mass is 35.5. The van der Waals surface area contributed by atoms with Gasteiger partial charge in [-0.1, -0.05) is 218 Å². The molecule has 0 nitrogen and oxygen atoms in total. The Labute approximate surface area is 543 Å². The smallest absolute Gasteiger partial charge is 0.0455 e. The zero-order chi connectivity index (χ0) is 62.9. The maximum absolute atomic E-state index is 6.87. The van der Waals surface area contributed by atoms with Gasteiger partial charge in [0.1, 0.15) is 0 Å². The fraction of sp³-hybridized carbons (Fsp3) is 0.929. The van der Waals surface area contributed by atoms with E-state index in [0.29, 0.717) is 54.1 Å². The minimum atomic E-state index is 0.195. The molecular formula is C85H147Cl. The summed E-state index contributed by atoms with van der Waals surface area (Å²) in [6.07, 6.45) is 54.4. The highest BCUT2D eigenvalue weighted by Crippen LogP contribution is 2.73. The lowest BCUT2D eigenvalue weighted by Gasteiger charge is -2.68. The Hall–Kier alpha value is -0.490. The molecule has 12 bridgehead atoms. The quantitative estimate of drug-likeness (QED) is 0.176. The third-order valence-electron chi connectivity index (χ3n) is 31.4. The van der Waals surface area contributed by atoms with E-state index >= 15 is 0 Å². The zero-order valence-corrected chi connectivity index (χ0v) is 62.5. The molecule has 15 rings (SSSR count). The van der Waals surface area contributed by atoms with Gasteiger partial charge in [-0.2, -0.15) is 0 Å². The average Bonchev–Trinajstić information content (AvgIpc) is 0.740. The minimum absolute atomic E-state index is 0.195. The molecule has 9 fully saturated rings. The summed E-state index contributed by atoms with van der Waals surface area (Å²) in [5, 5.41) is 0. The Balaban J connectivity index is 0.000000130. The molecular weight excluding hydrogens is 1060 g/mol. The van der Waals surface area contributed by atoms with Crippen LogP contribution >= 0.6 is 11.6 Å². The van der Waals surface area contributed by atoms with Crippen molar-refractivity contribution in [3.8, 4) is 0 Å². The molecule has 0 N–H and O–H groups in total. The Morgan fingerprint density at radius 3 is 1.35 bits per heavy atom. The molecule has 9 saturated carbocycles. The van der Waals surface area contributed by atoms with Gasteiger partial charge in [0.25, 0.3) is 0 Å². The Morgan fingerprint density at radius 2 is 0.895 bits per heavy atom. The maximum atomic E-state index is 6.87. The van der Waals surface area contributed by atoms with E-state index in [2.05, 4.69) is 151 Å². The molecule has 0 spiro atoms. The van der Waals surface area contributed by atoms with Gasteiger partial charge in [-0.3, -0.25) is 0 Å². The van der Waals surface area contributed by atoms with Gasteiger partial charge in [0, 0.05) is 4.87 Å². The molecule has 494 valence electrons. The molecule has 0 aromatic rings. The Morgan fingerprint density at radius 1 is 0.419 bits per heavy atom. The van der Waals surface area contributed by atoms with Crippen LogP contribution in [0.1, 0.15) is 377 Å². The summed E-state index contributed by atoms with van der Waals surface area (Å²) < 4.78 is 0. The van der Waals surface area contributed by atoms with Crippen LogP contribution in [0.15, 0.2) is 33.9 Å². The third-order valence-corrected chi connectivity index (χ3v) is 31.9. The van der Waals surface area contributed by atoms with Crippen molar-refractivity contribution in [1.29, 1.82) is 0 Å². The van der Waals surface area contributed by atoms with Gasteiger partial charge in [-0.15, -0.1) is 11.6 Å². The molecule has 0 radical (unpaired) electrons. The van der Waals surface area contributed by atoms with Crippen LogP contribution in [0.3, 0.4) is 0 Å². The standard InChI is InChI=1S/C22H38.C19H32.C16H27Cl.C16H26.C12H24/c1-6-11-17-16-12-8-9-13-18(16)20-15-10-14-19(17)22(20,7-2)21(3,4)5;1-5-19(18(2,3)4)15-10-8-12-17(19)16-11-7-6-9-14(16)13-15;1-5-16(14(2,3)4)12-6-11-7-13(16)10-15(17,8-11)9-12;1-5-16(15(2,3)4)13-7-11-6-12(9-13)10-14(16)8-11;1-5-12(11(2,3)4)9-7-6-8-10-12/h17,19-20H,6-15H2,1-5H3;15,17H,5-13H2,1-4H3;11-13H,5-10H2,1-4H3;6,11,13-14H,5,7-10H2,1-4H3;5-10H2,1-4H3. The fourth-order valence-corrected chi connectivity index (χ4v) is 29.0. The summed E-state index contributed by atoms with van der Waals surface area (Å²) in [6.45, 7) is 52.0. The Kier molecular flexibility index (Phi) is 21.1. The van der Waals surface area contributed by atoms with Gasteiger partial charge in [0.15, 0.2) is 0 Å². The molecule has 11 atom stereocenters. The number of allylic oxidation sites excluding steroid dienone is 6. The van der Waals surface area contributed by atoms with Crippen LogP contribution in [-0.4, -0.2) is 4.87 Å². The summed E-state index contributed by atoms with van der Waals surface area (Å²) >= 11 is 6.87. The predicted molar refractivity (Wildman–Crippen MR) is 379 cm³/mol. The van der Waals surface area contributed by atoms with Crippen LogP contribution < -0.4 is 0 Å². The first kappa shape index (κ1) is 69.8. The largest absolute Gasteiger partial charge is 0.119 e. The number of halogens is 1. The lowest BCUT2D eigenvalue weighted by atomic mass is 9.39. The molecule has 15 aliphatic carbocycles. The number of hydrogen-bond acceptors (Lipinski definition) is 0. The fourth-order valence-electron chi connectivity index (χ4n) is 28.4. The van der Waals surface area contributed by atoms with Crippen molar-refractivity contribution < 1.29 is 0 Å². The summed E-state index contributed by atoms with van der Waals surface area (Å²) in [5.41, 5.74) is 15.0. The van der Waals surface area contributed by atoms with Gasteiger partial charge in [-0.05, 0) is 312 Å². The molecule has 15 aliphatic rings. The first-order chi connectivity index (χ1) is 40.3. The number of alkyl halides is 1. The second-order valence-corrected chi connectivity index (χ2v) is 39.6. The SMILES string of the molecule is CCC1(C(C)(C)C)C2CC3=CC(C2)CC1C3.CCC1(C(C)(C)C)C2CC3CC1CC(Cl)(C3)C2.CCC1(C(C)(C)C)C2CCCC1C1=C(CCCC1)C2.CCC1(C(C)(C)C)CCCCC1.CCCC1C2=C(CCCC2)C2CCCC1C2(CC)C(C)(C)C.